The van der Waals surface area contributed by atoms with E-state index < -0.39 is 0 Å². The maximum atomic E-state index is 12.7. The van der Waals surface area contributed by atoms with Gasteiger partial charge in [0.1, 0.15) is 5.82 Å². The number of anilines is 1. The molecule has 0 saturated carbocycles. The molecule has 0 bridgehead atoms. The highest BCUT2D eigenvalue weighted by molar-refractivity contribution is 7.09. The van der Waals surface area contributed by atoms with Crippen LogP contribution in [0.25, 0.3) is 0 Å². The molecular weight excluding hydrogens is 251 g/mol. The lowest BCUT2D eigenvalue weighted by Crippen LogP contribution is -2.35. The van der Waals surface area contributed by atoms with Gasteiger partial charge in [0.25, 0.3) is 0 Å². The first-order valence-electron chi connectivity index (χ1n) is 5.81. The second kappa shape index (κ2) is 5.39. The van der Waals surface area contributed by atoms with Gasteiger partial charge in [-0.25, -0.2) is 15.5 Å². The van der Waals surface area contributed by atoms with E-state index in [1.54, 1.807) is 30.0 Å². The maximum Gasteiger partial charge on any atom is 0.225 e. The molecule has 6 heteroatoms. The third kappa shape index (κ3) is 2.48. The van der Waals surface area contributed by atoms with Gasteiger partial charge in [0.05, 0.1) is 10.4 Å². The van der Waals surface area contributed by atoms with Gasteiger partial charge in [-0.2, -0.15) is 4.57 Å². The molecule has 2 heterocycles. The number of aryl methyl sites for hydroxylation is 2. The first-order chi connectivity index (χ1) is 8.65. The topological polar surface area (TPSA) is 41.7 Å². The molecule has 2 aromatic heterocycles. The van der Waals surface area contributed by atoms with Crippen molar-refractivity contribution in [2.75, 3.05) is 5.54 Å². The molecule has 0 unspecified atom stereocenters. The molecule has 0 atom stereocenters. The Kier molecular flexibility index (Phi) is 3.86. The third-order valence-electron chi connectivity index (χ3n) is 2.89. The lowest BCUT2D eigenvalue weighted by Gasteiger charge is -2.03. The van der Waals surface area contributed by atoms with Gasteiger partial charge in [0, 0.05) is 13.1 Å². The fraction of sp³-hybridized carbons (Fsp3) is 0.417. The molecule has 0 aromatic carbocycles. The second-order valence-electron chi connectivity index (χ2n) is 4.10. The number of hydrogen-bond acceptors (Lipinski definition) is 4. The van der Waals surface area contributed by atoms with Crippen LogP contribution in [-0.4, -0.2) is 9.97 Å². The highest BCUT2D eigenvalue weighted by atomic mass is 32.1. The minimum Gasteiger partial charge on any atom is -0.241 e. The Balaban J connectivity index is 2.30. The Hall–Kier alpha value is -1.56. The van der Waals surface area contributed by atoms with Gasteiger partial charge in [-0.1, -0.05) is 18.3 Å². The Morgan fingerprint density at radius 2 is 2.22 bits per heavy atom. The first-order valence-corrected chi connectivity index (χ1v) is 6.69. The number of hydrogen-bond donors (Lipinski definition) is 1. The van der Waals surface area contributed by atoms with Crippen molar-refractivity contribution in [1.29, 1.82) is 0 Å². The molecule has 0 aliphatic rings. The molecule has 0 amide bonds. The van der Waals surface area contributed by atoms with Gasteiger partial charge in [-0.05, 0) is 13.3 Å². The van der Waals surface area contributed by atoms with Crippen LogP contribution in [0.4, 0.5) is 10.3 Å². The minimum absolute atomic E-state index is 0.249. The van der Waals surface area contributed by atoms with Crippen molar-refractivity contribution < 1.29 is 9.05 Å². The number of rotatable bonds is 4. The van der Waals surface area contributed by atoms with E-state index in [9.17, 15) is 4.48 Å². The number of nitrogens with one attached hydrogen (secondary N) is 1. The first kappa shape index (κ1) is 12.9. The van der Waals surface area contributed by atoms with Crippen molar-refractivity contribution in [2.45, 2.75) is 33.7 Å². The number of halogens is 1. The molecule has 0 aliphatic heterocycles. The van der Waals surface area contributed by atoms with Crippen LogP contribution in [0.1, 0.15) is 28.9 Å². The van der Waals surface area contributed by atoms with Crippen LogP contribution in [0, 0.1) is 13.8 Å². The van der Waals surface area contributed by atoms with E-state index in [0.29, 0.717) is 12.4 Å². The third-order valence-corrected chi connectivity index (χ3v) is 4.12. The van der Waals surface area contributed by atoms with Crippen molar-refractivity contribution in [3.63, 3.8) is 0 Å². The van der Waals surface area contributed by atoms with Gasteiger partial charge in [0.2, 0.25) is 5.51 Å². The molecule has 0 radical (unpaired) electrons. The summed E-state index contributed by atoms with van der Waals surface area (Å²) in [5.74, 6) is 0.804. The van der Waals surface area contributed by atoms with Crippen LogP contribution < -0.4 is 10.1 Å². The van der Waals surface area contributed by atoms with E-state index in [0.717, 1.165) is 12.0 Å². The largest absolute Gasteiger partial charge is 0.241 e. The zero-order chi connectivity index (χ0) is 13.1. The molecule has 0 fully saturated rings. The summed E-state index contributed by atoms with van der Waals surface area (Å²) >= 11 is 1.72. The summed E-state index contributed by atoms with van der Waals surface area (Å²) in [7, 11) is 0. The van der Waals surface area contributed by atoms with E-state index in [2.05, 4.69) is 33.9 Å². The lowest BCUT2D eigenvalue weighted by atomic mass is 10.2. The highest BCUT2D eigenvalue weighted by Gasteiger charge is 2.17. The Morgan fingerprint density at radius 1 is 1.44 bits per heavy atom. The number of aromatic nitrogens is 3. The molecule has 2 rings (SSSR count). The summed E-state index contributed by atoms with van der Waals surface area (Å²) < 4.78 is 14.8. The zero-order valence-electron chi connectivity index (χ0n) is 10.7. The van der Waals surface area contributed by atoms with Crippen LogP contribution in [0.3, 0.4) is 0 Å². The van der Waals surface area contributed by atoms with Gasteiger partial charge in [-0.3, -0.25) is 0 Å². The van der Waals surface area contributed by atoms with E-state index in [-0.39, 0.29) is 5.82 Å². The van der Waals surface area contributed by atoms with E-state index in [1.165, 1.54) is 10.6 Å². The van der Waals surface area contributed by atoms with E-state index in [1.807, 2.05) is 0 Å². The fourth-order valence-corrected chi connectivity index (χ4v) is 2.76. The molecule has 0 spiro atoms. The summed E-state index contributed by atoms with van der Waals surface area (Å²) in [4.78, 5) is 9.50. The highest BCUT2D eigenvalue weighted by Crippen LogP contribution is 2.15. The van der Waals surface area contributed by atoms with Gasteiger partial charge in [-0.15, -0.1) is 4.48 Å². The number of thiazole rings is 1. The van der Waals surface area contributed by atoms with Crippen LogP contribution in [0.2, 0.25) is 0 Å². The average molecular weight is 267 g/mol. The van der Waals surface area contributed by atoms with Crippen molar-refractivity contribution in [1.82, 2.24) is 9.97 Å². The predicted octanol–water partition coefficient (Wildman–Crippen LogP) is 2.35. The molecule has 0 aliphatic carbocycles. The molecular formula is C12H16FN4S+. The Bertz CT molecular complexity index is 553. The molecule has 2 aromatic rings. The van der Waals surface area contributed by atoms with Crippen LogP contribution in [0.5, 0.6) is 0 Å². The molecule has 1 N–H and O–H groups in total. The lowest BCUT2D eigenvalue weighted by molar-refractivity contribution is -0.689. The van der Waals surface area contributed by atoms with Crippen LogP contribution in [0.15, 0.2) is 11.7 Å². The molecule has 18 heavy (non-hydrogen) atoms. The maximum absolute atomic E-state index is 12.7. The van der Waals surface area contributed by atoms with Crippen molar-refractivity contribution in [3.05, 3.63) is 33.7 Å². The van der Waals surface area contributed by atoms with E-state index in [4.69, 9.17) is 0 Å². The van der Waals surface area contributed by atoms with Crippen molar-refractivity contribution in [2.24, 2.45) is 0 Å². The Labute approximate surface area is 109 Å². The molecule has 96 valence electrons. The summed E-state index contributed by atoms with van der Waals surface area (Å²) in [5.41, 5.74) is 5.65. The van der Waals surface area contributed by atoms with Gasteiger partial charge >= 0.3 is 0 Å². The standard InChI is InChI=1S/C12H16FN4S/c1-4-11-8(2)17(7-18-11)6-10-5-14-9(3)15-12(10)16-13/h5,7H,4,6H2,1-3H3,(H,14,15,16)/q+1. The van der Waals surface area contributed by atoms with E-state index >= 15 is 0 Å². The van der Waals surface area contributed by atoms with Crippen molar-refractivity contribution in [3.8, 4) is 0 Å². The average Bonchev–Trinajstić information content (AvgIpc) is 2.72. The quantitative estimate of drug-likeness (QED) is 0.683. The fourth-order valence-electron chi connectivity index (χ4n) is 1.82. The Morgan fingerprint density at radius 3 is 2.83 bits per heavy atom. The van der Waals surface area contributed by atoms with Gasteiger partial charge < -0.3 is 0 Å². The second-order valence-corrected chi connectivity index (χ2v) is 5.04. The van der Waals surface area contributed by atoms with Crippen LogP contribution in [-0.2, 0) is 13.0 Å². The zero-order valence-corrected chi connectivity index (χ0v) is 11.5. The predicted molar refractivity (Wildman–Crippen MR) is 69.2 cm³/mol. The molecule has 4 nitrogen and oxygen atoms in total. The summed E-state index contributed by atoms with van der Waals surface area (Å²) in [5, 5.41) is 0. The van der Waals surface area contributed by atoms with Gasteiger partial charge in [0.15, 0.2) is 18.1 Å². The minimum atomic E-state index is 0.249. The SMILES string of the molecule is CCc1sc[n+](Cc2cnc(C)nc2NF)c1C. The van der Waals surface area contributed by atoms with Crippen molar-refractivity contribution >= 4 is 17.2 Å². The van der Waals surface area contributed by atoms with Crippen LogP contribution >= 0.6 is 11.3 Å². The summed E-state index contributed by atoms with van der Waals surface area (Å²) in [6, 6.07) is 0. The summed E-state index contributed by atoms with van der Waals surface area (Å²) in [6.07, 6.45) is 2.68. The molecule has 0 saturated heterocycles. The number of nitrogens with zero attached hydrogens (tertiary/aromatic N) is 3. The monoisotopic (exact) mass is 267 g/mol. The smallest absolute Gasteiger partial charge is 0.225 e. The summed E-state index contributed by atoms with van der Waals surface area (Å²) in [6.45, 7) is 6.53. The normalized spacial score (nSPS) is 10.7.